The Morgan fingerprint density at radius 3 is 2.67 bits per heavy atom. The average molecular weight is 500 g/mol. The van der Waals surface area contributed by atoms with Crippen molar-refractivity contribution in [3.05, 3.63) is 77.4 Å². The number of hydrogen-bond donors (Lipinski definition) is 3. The van der Waals surface area contributed by atoms with Crippen molar-refractivity contribution in [2.24, 2.45) is 5.92 Å². The molecule has 1 aromatic carbocycles. The fourth-order valence-electron chi connectivity index (χ4n) is 5.44. The van der Waals surface area contributed by atoms with Crippen molar-refractivity contribution in [2.45, 2.75) is 25.7 Å². The van der Waals surface area contributed by atoms with Crippen LogP contribution in [0, 0.1) is 5.92 Å². The number of halogens is 1. The Balaban J connectivity index is 1.31. The maximum atomic E-state index is 11.7. The predicted octanol–water partition coefficient (Wildman–Crippen LogP) is 2.98. The molecule has 2 fully saturated rings. The summed E-state index contributed by atoms with van der Waals surface area (Å²) in [5.74, 6) is 2.63. The summed E-state index contributed by atoms with van der Waals surface area (Å²) in [6.07, 6.45) is 11.6. The molecule has 4 aliphatic heterocycles. The van der Waals surface area contributed by atoms with Crippen molar-refractivity contribution >= 4 is 48.0 Å². The van der Waals surface area contributed by atoms with Crippen LogP contribution in [0.5, 0.6) is 0 Å². The van der Waals surface area contributed by atoms with E-state index in [-0.39, 0.29) is 11.8 Å². The minimum absolute atomic E-state index is 0.0612. The van der Waals surface area contributed by atoms with Crippen LogP contribution >= 0.6 is 11.6 Å². The number of rotatable bonds is 5. The Morgan fingerprint density at radius 2 is 1.92 bits per heavy atom. The van der Waals surface area contributed by atoms with E-state index in [4.69, 9.17) is 11.6 Å². The third-order valence-electron chi connectivity index (χ3n) is 7.40. The largest absolute Gasteiger partial charge is 0.553 e. The lowest BCUT2D eigenvalue weighted by Gasteiger charge is -2.27. The summed E-state index contributed by atoms with van der Waals surface area (Å²) in [4.78, 5) is 14.1. The van der Waals surface area contributed by atoms with E-state index in [9.17, 15) is 4.79 Å². The van der Waals surface area contributed by atoms with Crippen LogP contribution in [0.1, 0.15) is 36.9 Å². The fourth-order valence-corrected chi connectivity index (χ4v) is 5.50. The number of nitrogens with one attached hydrogen (secondary N) is 3. The second-order valence-electron chi connectivity index (χ2n) is 9.80. The zero-order valence-electron chi connectivity index (χ0n) is 19.9. The number of anilines is 2. The molecule has 36 heavy (non-hydrogen) atoms. The fraction of sp³-hybridized carbons (Fsp3) is 0.308. The minimum Gasteiger partial charge on any atom is -0.329 e. The number of nitrogens with zero attached hydrogens (tertiary/aromatic N) is 4. The summed E-state index contributed by atoms with van der Waals surface area (Å²) in [5, 5.41) is 4.90. The monoisotopic (exact) mass is 499 g/mol. The van der Waals surface area contributed by atoms with Crippen LogP contribution in [0.4, 0.5) is 11.5 Å². The van der Waals surface area contributed by atoms with Crippen LogP contribution in [0.2, 0.25) is 0 Å². The number of hydrazine groups is 2. The summed E-state index contributed by atoms with van der Waals surface area (Å²) >= 11 is 5.66. The van der Waals surface area contributed by atoms with Crippen molar-refractivity contribution < 1.29 is 9.37 Å². The predicted molar refractivity (Wildman–Crippen MR) is 142 cm³/mol. The van der Waals surface area contributed by atoms with Gasteiger partial charge in [-0.1, -0.05) is 12.1 Å². The highest BCUT2D eigenvalue weighted by molar-refractivity contribution is 6.41. The Hall–Kier alpha value is -3.43. The highest BCUT2D eigenvalue weighted by Gasteiger charge is 2.41. The molecule has 1 saturated carbocycles. The number of amidine groups is 1. The van der Waals surface area contributed by atoms with E-state index in [2.05, 4.69) is 85.3 Å². The second-order valence-corrected chi connectivity index (χ2v) is 10.1. The van der Waals surface area contributed by atoms with Gasteiger partial charge in [0.2, 0.25) is 5.91 Å². The molecule has 3 N–H and O–H groups in total. The van der Waals surface area contributed by atoms with Gasteiger partial charge in [-0.15, -0.1) is 17.1 Å². The first-order valence-electron chi connectivity index (χ1n) is 12.6. The van der Waals surface area contributed by atoms with Crippen LogP contribution in [0.25, 0.3) is 5.57 Å². The highest BCUT2D eigenvalue weighted by atomic mass is 35.5. The summed E-state index contributed by atoms with van der Waals surface area (Å²) in [6, 6.07) is 12.3. The van der Waals surface area contributed by atoms with Gasteiger partial charge in [-0.3, -0.25) is 14.2 Å². The van der Waals surface area contributed by atoms with E-state index in [1.807, 2.05) is 12.1 Å². The van der Waals surface area contributed by atoms with Crippen molar-refractivity contribution in [1.29, 1.82) is 0 Å². The number of carbonyl (C=O) groups excluding carboxylic acids is 1. The lowest BCUT2D eigenvalue weighted by atomic mass is 9.91. The van der Waals surface area contributed by atoms with Gasteiger partial charge in [-0.2, -0.15) is 0 Å². The third-order valence-corrected chi connectivity index (χ3v) is 7.64. The van der Waals surface area contributed by atoms with Crippen molar-refractivity contribution in [1.82, 2.24) is 20.2 Å². The second kappa shape index (κ2) is 8.60. The molecule has 181 valence electrons. The Bertz CT molecular complexity index is 1360. The van der Waals surface area contributed by atoms with Crippen LogP contribution in [0.3, 0.4) is 0 Å². The van der Waals surface area contributed by atoms with E-state index in [1.54, 1.807) is 0 Å². The molecule has 1 aliphatic carbocycles. The topological polar surface area (TPSA) is 67.6 Å². The van der Waals surface area contributed by atoms with Gasteiger partial charge in [0.05, 0.1) is 13.1 Å². The highest BCUT2D eigenvalue weighted by Crippen LogP contribution is 2.40. The standard InChI is InChI=1S/C26H26BClN7O/c28-15-23(36)29-19-7-5-18(6-8-19)26-21-9-11-24(32-13-1-2-14-32)34(21)27-35-22(26)10-12-25(35)33-16-20(30-31-33)17-3-4-17/h5-12,16-17,30-31H,1-4,13-15H2/p+1. The van der Waals surface area contributed by atoms with Gasteiger partial charge in [0, 0.05) is 40.8 Å². The molecule has 0 bridgehead atoms. The quantitative estimate of drug-likeness (QED) is 0.335. The third kappa shape index (κ3) is 3.65. The number of benzene rings is 1. The maximum absolute atomic E-state index is 11.7. The van der Waals surface area contributed by atoms with Crippen LogP contribution in [-0.4, -0.2) is 52.1 Å². The van der Waals surface area contributed by atoms with E-state index >= 15 is 0 Å². The normalized spacial score (nSPS) is 20.4. The van der Waals surface area contributed by atoms with Gasteiger partial charge in [0.25, 0.3) is 5.84 Å². The maximum Gasteiger partial charge on any atom is 0.553 e. The van der Waals surface area contributed by atoms with Crippen molar-refractivity contribution in [3.63, 3.8) is 0 Å². The van der Waals surface area contributed by atoms with E-state index in [0.717, 1.165) is 47.1 Å². The molecule has 8 nitrogen and oxygen atoms in total. The van der Waals surface area contributed by atoms with Crippen LogP contribution in [0.15, 0.2) is 66.1 Å². The van der Waals surface area contributed by atoms with E-state index < -0.39 is 0 Å². The van der Waals surface area contributed by atoms with Gasteiger partial charge in [0.1, 0.15) is 17.4 Å². The molecule has 10 heteroatoms. The first-order chi connectivity index (χ1) is 17.7. The van der Waals surface area contributed by atoms with Gasteiger partial charge in [-0.05, 0) is 61.6 Å². The zero-order chi connectivity index (χ0) is 24.2. The Labute approximate surface area is 215 Å². The van der Waals surface area contributed by atoms with E-state index in [1.165, 1.54) is 37.2 Å². The molecule has 1 radical (unpaired) electrons. The molecule has 7 rings (SSSR count). The molecule has 0 unspecified atom stereocenters. The number of amides is 1. The van der Waals surface area contributed by atoms with Gasteiger partial charge >= 0.3 is 7.55 Å². The Morgan fingerprint density at radius 1 is 1.11 bits per heavy atom. The first kappa shape index (κ1) is 21.8. The molecule has 5 aliphatic rings. The summed E-state index contributed by atoms with van der Waals surface area (Å²) in [6.45, 7) is 2.16. The molecule has 0 spiro atoms. The first-order valence-corrected chi connectivity index (χ1v) is 13.1. The lowest BCUT2D eigenvalue weighted by molar-refractivity contribution is -0.508. The molecular formula is C26H27BClN7O+. The molecule has 0 atom stereocenters. The molecule has 1 amide bonds. The van der Waals surface area contributed by atoms with Crippen molar-refractivity contribution in [2.75, 3.05) is 29.3 Å². The van der Waals surface area contributed by atoms with Gasteiger partial charge in [0.15, 0.2) is 0 Å². The summed E-state index contributed by atoms with van der Waals surface area (Å²) < 4.78 is 4.73. The smallest absolute Gasteiger partial charge is 0.329 e. The lowest BCUT2D eigenvalue weighted by Crippen LogP contribution is -2.44. The SMILES string of the molecule is O=C(CCl)Nc1ccc(C2=C3C=CC(=[N+]4CCCC4)N3[B]n3c2ccc3N2C=C(C3CC3)NN2)cc1. The molecule has 1 aromatic heterocycles. The number of carbonyl (C=O) groups is 1. The number of allylic oxidation sites excluding steroid dienone is 2. The Kier molecular flexibility index (Phi) is 5.22. The number of aromatic nitrogens is 1. The summed E-state index contributed by atoms with van der Waals surface area (Å²) in [7, 11) is 2.21. The van der Waals surface area contributed by atoms with Crippen molar-refractivity contribution in [3.8, 4) is 0 Å². The molecule has 2 aromatic rings. The number of hydrogen-bond acceptors (Lipinski definition) is 4. The van der Waals surface area contributed by atoms with Gasteiger partial charge in [-0.25, -0.2) is 5.01 Å². The van der Waals surface area contributed by atoms with Crippen LogP contribution < -0.4 is 21.3 Å². The number of alkyl halides is 1. The molecule has 1 saturated heterocycles. The minimum atomic E-state index is -0.211. The average Bonchev–Trinajstić information content (AvgIpc) is 3.33. The number of fused-ring (bicyclic) bond motifs is 2. The van der Waals surface area contributed by atoms with Gasteiger partial charge < -0.3 is 15.2 Å². The summed E-state index contributed by atoms with van der Waals surface area (Å²) in [5.41, 5.74) is 13.2. The van der Waals surface area contributed by atoms with Crippen LogP contribution in [-0.2, 0) is 4.79 Å². The molecule has 5 heterocycles. The van der Waals surface area contributed by atoms with E-state index in [0.29, 0.717) is 5.92 Å². The zero-order valence-corrected chi connectivity index (χ0v) is 20.6. The molecular weight excluding hydrogens is 473 g/mol.